The second-order valence-corrected chi connectivity index (χ2v) is 8.55. The van der Waals surface area contributed by atoms with E-state index in [9.17, 15) is 24.0 Å². The minimum absolute atomic E-state index is 0.136. The zero-order chi connectivity index (χ0) is 27.4. The minimum atomic E-state index is -1.24. The van der Waals surface area contributed by atoms with Gasteiger partial charge in [-0.2, -0.15) is 0 Å². The summed E-state index contributed by atoms with van der Waals surface area (Å²) in [5.41, 5.74) is 6.58. The van der Waals surface area contributed by atoms with E-state index in [1.807, 2.05) is 6.92 Å². The van der Waals surface area contributed by atoms with Crippen molar-refractivity contribution in [1.82, 2.24) is 15.6 Å². The van der Waals surface area contributed by atoms with Gasteiger partial charge in [0.25, 0.3) is 5.91 Å². The van der Waals surface area contributed by atoms with Crippen LogP contribution >= 0.6 is 0 Å². The number of carboxylic acid groups (broad SMARTS) is 1. The lowest BCUT2D eigenvalue weighted by Gasteiger charge is -2.31. The number of nitrogen functional groups attached to an aromatic ring is 1. The van der Waals surface area contributed by atoms with Crippen LogP contribution in [0.15, 0.2) is 48.8 Å². The number of para-hydroxylation sites is 1. The van der Waals surface area contributed by atoms with E-state index < -0.39 is 41.8 Å². The fraction of sp³-hybridized carbons (Fsp3) is 0.385. The first-order valence-corrected chi connectivity index (χ1v) is 12.1. The molecule has 0 aliphatic carbocycles. The molecule has 0 aliphatic rings. The second kappa shape index (κ2) is 14.3. The molecule has 11 heteroatoms. The lowest BCUT2D eigenvalue weighted by Crippen LogP contribution is -2.56. The minimum Gasteiger partial charge on any atom is -0.481 e. The van der Waals surface area contributed by atoms with Crippen LogP contribution < -0.4 is 21.3 Å². The van der Waals surface area contributed by atoms with Crippen LogP contribution in [0.3, 0.4) is 0 Å². The van der Waals surface area contributed by atoms with E-state index in [2.05, 4.69) is 15.6 Å². The number of aliphatic carboxylic acids is 1. The number of anilines is 2. The number of nitrogens with two attached hydrogens (primary N) is 1. The Balaban J connectivity index is 2.31. The highest BCUT2D eigenvalue weighted by Gasteiger charge is 2.32. The fourth-order valence-corrected chi connectivity index (χ4v) is 3.70. The average molecular weight is 512 g/mol. The number of hydrogen-bond acceptors (Lipinski definition) is 7. The molecule has 1 aromatic carbocycles. The summed E-state index contributed by atoms with van der Waals surface area (Å²) in [6, 6.07) is 6.43. The maximum Gasteiger partial charge on any atom is 0.303 e. The Bertz CT molecular complexity index is 1090. The van der Waals surface area contributed by atoms with Crippen molar-refractivity contribution < 1.29 is 29.1 Å². The first kappa shape index (κ1) is 29.0. The number of aromatic nitrogens is 1. The van der Waals surface area contributed by atoms with E-state index in [0.717, 1.165) is 6.42 Å². The number of rotatable bonds is 14. The number of nitrogens with zero attached hydrogens (tertiary/aromatic N) is 2. The van der Waals surface area contributed by atoms with Crippen molar-refractivity contribution in [3.8, 4) is 0 Å². The zero-order valence-corrected chi connectivity index (χ0v) is 20.9. The summed E-state index contributed by atoms with van der Waals surface area (Å²) < 4.78 is 0. The number of carboxylic acids is 1. The van der Waals surface area contributed by atoms with Crippen LogP contribution in [0.5, 0.6) is 0 Å². The van der Waals surface area contributed by atoms with E-state index in [1.54, 1.807) is 31.2 Å². The molecular formula is C26H33N5O6. The third kappa shape index (κ3) is 8.41. The number of unbranched alkanes of at least 4 members (excludes halogenated alkanes) is 1. The van der Waals surface area contributed by atoms with Gasteiger partial charge in [-0.3, -0.25) is 29.1 Å². The summed E-state index contributed by atoms with van der Waals surface area (Å²) in [6.07, 6.45) is 4.60. The van der Waals surface area contributed by atoms with Crippen LogP contribution in [-0.2, 0) is 19.2 Å². The predicted octanol–water partition coefficient (Wildman–Crippen LogP) is 1.92. The number of benzene rings is 1. The molecule has 1 aromatic heterocycles. The summed E-state index contributed by atoms with van der Waals surface area (Å²) in [6.45, 7) is 3.48. The highest BCUT2D eigenvalue weighted by atomic mass is 16.4. The Kier molecular flexibility index (Phi) is 11.2. The van der Waals surface area contributed by atoms with Crippen LogP contribution in [0.4, 0.5) is 11.4 Å². The zero-order valence-electron chi connectivity index (χ0n) is 20.9. The van der Waals surface area contributed by atoms with Crippen LogP contribution in [0, 0.1) is 0 Å². The predicted molar refractivity (Wildman–Crippen MR) is 138 cm³/mol. The van der Waals surface area contributed by atoms with Gasteiger partial charge in [0.1, 0.15) is 18.4 Å². The number of carbonyl (C=O) groups is 5. The van der Waals surface area contributed by atoms with Crippen molar-refractivity contribution >= 4 is 41.4 Å². The van der Waals surface area contributed by atoms with Crippen molar-refractivity contribution in [2.45, 2.75) is 64.1 Å². The number of nitrogens with one attached hydrogen (secondary N) is 2. The molecule has 0 fully saturated rings. The maximum absolute atomic E-state index is 13.6. The van der Waals surface area contributed by atoms with Gasteiger partial charge in [-0.05, 0) is 44.0 Å². The van der Waals surface area contributed by atoms with Crippen LogP contribution in [0.2, 0.25) is 0 Å². The normalized spacial score (nSPS) is 13.0. The van der Waals surface area contributed by atoms with Gasteiger partial charge in [0.2, 0.25) is 11.8 Å². The maximum atomic E-state index is 13.6. The molecule has 37 heavy (non-hydrogen) atoms. The Morgan fingerprint density at radius 2 is 1.81 bits per heavy atom. The van der Waals surface area contributed by atoms with Gasteiger partial charge < -0.3 is 26.3 Å². The summed E-state index contributed by atoms with van der Waals surface area (Å²) in [5.74, 6) is -3.03. The molecule has 198 valence electrons. The van der Waals surface area contributed by atoms with Crippen molar-refractivity contribution in [3.63, 3.8) is 0 Å². The number of pyridine rings is 1. The molecule has 11 nitrogen and oxygen atoms in total. The average Bonchev–Trinajstić information content (AvgIpc) is 2.89. The fourth-order valence-electron chi connectivity index (χ4n) is 3.70. The topological polar surface area (TPSA) is 172 Å². The lowest BCUT2D eigenvalue weighted by atomic mass is 10.0. The van der Waals surface area contributed by atoms with Crippen LogP contribution in [-0.4, -0.2) is 58.2 Å². The summed E-state index contributed by atoms with van der Waals surface area (Å²) in [5, 5.41) is 14.4. The molecule has 3 amide bonds. The third-order valence-electron chi connectivity index (χ3n) is 5.70. The highest BCUT2D eigenvalue weighted by Crippen LogP contribution is 2.18. The molecule has 3 atom stereocenters. The van der Waals surface area contributed by atoms with Crippen molar-refractivity contribution in [2.75, 3.05) is 10.6 Å². The van der Waals surface area contributed by atoms with Gasteiger partial charge >= 0.3 is 5.97 Å². The van der Waals surface area contributed by atoms with E-state index >= 15 is 0 Å². The molecule has 0 bridgehead atoms. The van der Waals surface area contributed by atoms with Gasteiger partial charge in [-0.15, -0.1) is 0 Å². The summed E-state index contributed by atoms with van der Waals surface area (Å²) in [4.78, 5) is 67.8. The summed E-state index contributed by atoms with van der Waals surface area (Å²) in [7, 11) is 0. The molecular weight excluding hydrogens is 478 g/mol. The SMILES string of the molecule is CCCC[C@H](NC(=O)[C@@H](CCC(=O)O)NC(=O)c1ccccc1N)C(=O)N(c1cccnc1)[C@@H](C)C=O. The van der Waals surface area contributed by atoms with Crippen LogP contribution in [0.1, 0.15) is 56.3 Å². The molecule has 0 unspecified atom stereocenters. The molecule has 1 heterocycles. The van der Waals surface area contributed by atoms with E-state index in [1.165, 1.54) is 29.4 Å². The Morgan fingerprint density at radius 3 is 2.41 bits per heavy atom. The quantitative estimate of drug-likeness (QED) is 0.220. The van der Waals surface area contributed by atoms with Crippen molar-refractivity contribution in [3.05, 3.63) is 54.4 Å². The number of aldehydes is 1. The van der Waals surface area contributed by atoms with Crippen molar-refractivity contribution in [1.29, 1.82) is 0 Å². The first-order valence-electron chi connectivity index (χ1n) is 12.1. The standard InChI is InChI=1S/C26H33N5O6/c1-3-4-11-22(26(37)31(17(2)16-32)18-8-7-14-28-15-18)30-25(36)21(12-13-23(33)34)29-24(35)19-9-5-6-10-20(19)27/h5-10,14-17,21-22H,3-4,11-13,27H2,1-2H3,(H,29,35)(H,30,36)(H,33,34)/t17-,21+,22-/m0/s1. The Morgan fingerprint density at radius 1 is 1.08 bits per heavy atom. The number of carbonyl (C=O) groups excluding carboxylic acids is 4. The third-order valence-corrected chi connectivity index (χ3v) is 5.70. The highest BCUT2D eigenvalue weighted by molar-refractivity contribution is 6.04. The molecule has 0 saturated heterocycles. The smallest absolute Gasteiger partial charge is 0.303 e. The molecule has 0 radical (unpaired) electrons. The molecule has 5 N–H and O–H groups in total. The van der Waals surface area contributed by atoms with E-state index in [0.29, 0.717) is 18.4 Å². The molecule has 0 saturated carbocycles. The van der Waals surface area contributed by atoms with Gasteiger partial charge in [0, 0.05) is 18.3 Å². The van der Waals surface area contributed by atoms with Gasteiger partial charge in [-0.1, -0.05) is 31.9 Å². The van der Waals surface area contributed by atoms with E-state index in [-0.39, 0.29) is 30.5 Å². The number of amides is 3. The van der Waals surface area contributed by atoms with Crippen molar-refractivity contribution in [2.24, 2.45) is 0 Å². The molecule has 2 rings (SSSR count). The Hall–Kier alpha value is -4.28. The van der Waals surface area contributed by atoms with Gasteiger partial charge in [-0.25, -0.2) is 0 Å². The number of hydrogen-bond donors (Lipinski definition) is 4. The van der Waals surface area contributed by atoms with Crippen LogP contribution in [0.25, 0.3) is 0 Å². The van der Waals surface area contributed by atoms with Gasteiger partial charge in [0.05, 0.1) is 23.5 Å². The second-order valence-electron chi connectivity index (χ2n) is 8.55. The molecule has 2 aromatic rings. The first-order chi connectivity index (χ1) is 17.7. The Labute approximate surface area is 215 Å². The molecule has 0 spiro atoms. The molecule has 0 aliphatic heterocycles. The largest absolute Gasteiger partial charge is 0.481 e. The monoisotopic (exact) mass is 511 g/mol. The summed E-state index contributed by atoms with van der Waals surface area (Å²) >= 11 is 0. The lowest BCUT2D eigenvalue weighted by molar-refractivity contribution is -0.137. The van der Waals surface area contributed by atoms with Gasteiger partial charge in [0.15, 0.2) is 0 Å². The van der Waals surface area contributed by atoms with E-state index in [4.69, 9.17) is 10.8 Å².